The average Bonchev–Trinajstić information content (AvgIpc) is 2.04. The van der Waals surface area contributed by atoms with Gasteiger partial charge in [-0.25, -0.2) is 0 Å². The molecule has 58 valence electrons. The fourth-order valence-corrected chi connectivity index (χ4v) is 1.06. The van der Waals surface area contributed by atoms with Crippen LogP contribution in [0, 0.1) is 0 Å². The number of hydrogen-bond donors (Lipinski definition) is 1. The predicted octanol–water partition coefficient (Wildman–Crippen LogP) is 2.94. The molecule has 0 aromatic heterocycles. The van der Waals surface area contributed by atoms with Gasteiger partial charge in [-0.2, -0.15) is 0 Å². The first kappa shape index (κ1) is 8.21. The van der Waals surface area contributed by atoms with Crippen molar-refractivity contribution < 1.29 is 4.18 Å². The second kappa shape index (κ2) is 3.49. The zero-order chi connectivity index (χ0) is 8.27. The molecule has 2 heteroatoms. The monoisotopic (exact) mass is 166 g/mol. The van der Waals surface area contributed by atoms with E-state index >= 15 is 0 Å². The largest absolute Gasteiger partial charge is 0.428 e. The van der Waals surface area contributed by atoms with Crippen molar-refractivity contribution in [3.8, 4) is 5.75 Å². The van der Waals surface area contributed by atoms with Gasteiger partial charge < -0.3 is 4.18 Å². The van der Waals surface area contributed by atoms with E-state index in [4.69, 9.17) is 4.18 Å². The van der Waals surface area contributed by atoms with Gasteiger partial charge in [0, 0.05) is 18.5 Å². The van der Waals surface area contributed by atoms with Crippen molar-refractivity contribution in [3.63, 3.8) is 0 Å². The Morgan fingerprint density at radius 2 is 2.09 bits per heavy atom. The number of hydrogen-bond acceptors (Lipinski definition) is 2. The second-order valence-corrected chi connectivity index (χ2v) is 2.55. The highest BCUT2D eigenvalue weighted by Crippen LogP contribution is 2.24. The van der Waals surface area contributed by atoms with E-state index in [1.807, 2.05) is 31.2 Å². The minimum Gasteiger partial charge on any atom is -0.428 e. The first-order valence-electron chi connectivity index (χ1n) is 3.32. The van der Waals surface area contributed by atoms with Crippen LogP contribution in [0.2, 0.25) is 0 Å². The normalized spacial score (nSPS) is 9.27. The van der Waals surface area contributed by atoms with Gasteiger partial charge in [0.15, 0.2) is 0 Å². The van der Waals surface area contributed by atoms with Gasteiger partial charge in [-0.1, -0.05) is 24.8 Å². The summed E-state index contributed by atoms with van der Waals surface area (Å²) >= 11 is 3.73. The van der Waals surface area contributed by atoms with Gasteiger partial charge in [-0.15, -0.1) is 0 Å². The molecule has 1 aromatic rings. The summed E-state index contributed by atoms with van der Waals surface area (Å²) < 4.78 is 4.84. The Hall–Kier alpha value is -0.890. The lowest BCUT2D eigenvalue weighted by Crippen LogP contribution is -1.83. The molecule has 0 amide bonds. The molecule has 0 fully saturated rings. The van der Waals surface area contributed by atoms with Gasteiger partial charge in [0.2, 0.25) is 0 Å². The highest BCUT2D eigenvalue weighted by Gasteiger charge is 2.00. The maximum absolute atomic E-state index is 4.84. The Morgan fingerprint density at radius 1 is 1.45 bits per heavy atom. The maximum Gasteiger partial charge on any atom is 0.144 e. The highest BCUT2D eigenvalue weighted by molar-refractivity contribution is 7.75. The number of rotatable bonds is 2. The Morgan fingerprint density at radius 3 is 2.55 bits per heavy atom. The summed E-state index contributed by atoms with van der Waals surface area (Å²) in [5, 5.41) is 0. The van der Waals surface area contributed by atoms with Gasteiger partial charge in [-0.05, 0) is 18.6 Å². The number of para-hydroxylation sites is 1. The summed E-state index contributed by atoms with van der Waals surface area (Å²) in [6.45, 7) is 5.76. The van der Waals surface area contributed by atoms with Crippen molar-refractivity contribution in [2.24, 2.45) is 0 Å². The van der Waals surface area contributed by atoms with Crippen molar-refractivity contribution in [1.29, 1.82) is 0 Å². The second-order valence-electron chi connectivity index (χ2n) is 2.37. The van der Waals surface area contributed by atoms with Crippen LogP contribution in [0.25, 0.3) is 5.57 Å². The van der Waals surface area contributed by atoms with Crippen molar-refractivity contribution in [2.45, 2.75) is 6.92 Å². The van der Waals surface area contributed by atoms with Crippen molar-refractivity contribution in [1.82, 2.24) is 0 Å². The van der Waals surface area contributed by atoms with E-state index < -0.39 is 0 Å². The zero-order valence-electron chi connectivity index (χ0n) is 6.37. The van der Waals surface area contributed by atoms with Crippen LogP contribution in [0.15, 0.2) is 30.8 Å². The van der Waals surface area contributed by atoms with E-state index in [0.29, 0.717) is 0 Å². The molecule has 0 aliphatic heterocycles. The molecule has 0 bridgehead atoms. The van der Waals surface area contributed by atoms with E-state index in [9.17, 15) is 0 Å². The fourth-order valence-electron chi connectivity index (χ4n) is 0.899. The Bertz CT molecular complexity index is 268. The average molecular weight is 166 g/mol. The molecule has 0 spiro atoms. The molecule has 0 aliphatic carbocycles. The van der Waals surface area contributed by atoms with Crippen molar-refractivity contribution in [2.75, 3.05) is 0 Å². The molecule has 0 heterocycles. The van der Waals surface area contributed by atoms with Crippen LogP contribution in [-0.4, -0.2) is 0 Å². The van der Waals surface area contributed by atoms with Gasteiger partial charge in [0.1, 0.15) is 5.75 Å². The lowest BCUT2D eigenvalue weighted by Gasteiger charge is -2.04. The molecule has 1 nitrogen and oxygen atoms in total. The van der Waals surface area contributed by atoms with Crippen LogP contribution in [0.1, 0.15) is 12.5 Å². The lowest BCUT2D eigenvalue weighted by molar-refractivity contribution is 0.656. The van der Waals surface area contributed by atoms with E-state index in [0.717, 1.165) is 16.9 Å². The maximum atomic E-state index is 4.84. The summed E-state index contributed by atoms with van der Waals surface area (Å²) in [7, 11) is 0. The Kier molecular flexibility index (Phi) is 2.60. The van der Waals surface area contributed by atoms with Crippen molar-refractivity contribution in [3.05, 3.63) is 36.4 Å². The summed E-state index contributed by atoms with van der Waals surface area (Å²) in [6, 6.07) is 7.66. The van der Waals surface area contributed by atoms with Gasteiger partial charge in [-0.3, -0.25) is 0 Å². The van der Waals surface area contributed by atoms with Crippen LogP contribution < -0.4 is 4.18 Å². The minimum absolute atomic E-state index is 0.753. The molecule has 0 N–H and O–H groups in total. The minimum atomic E-state index is 0.753. The lowest BCUT2D eigenvalue weighted by atomic mass is 10.1. The molecular weight excluding hydrogens is 156 g/mol. The van der Waals surface area contributed by atoms with E-state index in [2.05, 4.69) is 19.5 Å². The summed E-state index contributed by atoms with van der Waals surface area (Å²) in [5.41, 5.74) is 1.98. The fraction of sp³-hybridized carbons (Fsp3) is 0.111. The number of thiol groups is 1. The van der Waals surface area contributed by atoms with Crippen LogP contribution in [0.3, 0.4) is 0 Å². The number of allylic oxidation sites excluding steroid dienone is 1. The van der Waals surface area contributed by atoms with Crippen LogP contribution in [-0.2, 0) is 0 Å². The summed E-state index contributed by atoms with van der Waals surface area (Å²) in [6.07, 6.45) is 0. The van der Waals surface area contributed by atoms with Crippen molar-refractivity contribution >= 4 is 18.5 Å². The van der Waals surface area contributed by atoms with Crippen LogP contribution in [0.5, 0.6) is 5.75 Å². The topological polar surface area (TPSA) is 9.23 Å². The molecule has 11 heavy (non-hydrogen) atoms. The van der Waals surface area contributed by atoms with Crippen LogP contribution in [0.4, 0.5) is 0 Å². The SMILES string of the molecule is C=C(C)c1ccccc1OS. The molecule has 0 saturated heterocycles. The first-order valence-corrected chi connectivity index (χ1v) is 3.68. The molecule has 1 rings (SSSR count). The first-order chi connectivity index (χ1) is 5.25. The molecule has 1 aromatic carbocycles. The van der Waals surface area contributed by atoms with Crippen LogP contribution >= 0.6 is 12.9 Å². The Labute approximate surface area is 72.3 Å². The standard InChI is InChI=1S/C9H10OS/c1-7(2)8-5-3-4-6-9(8)10-11/h3-6,11H,1H2,2H3. The Balaban J connectivity index is 3.12. The molecule has 0 radical (unpaired) electrons. The smallest absolute Gasteiger partial charge is 0.144 e. The molecule has 0 saturated carbocycles. The summed E-state index contributed by atoms with van der Waals surface area (Å²) in [4.78, 5) is 0. The number of benzene rings is 1. The van der Waals surface area contributed by atoms with E-state index in [1.54, 1.807) is 0 Å². The van der Waals surface area contributed by atoms with Gasteiger partial charge >= 0.3 is 0 Å². The highest BCUT2D eigenvalue weighted by atomic mass is 32.1. The summed E-state index contributed by atoms with van der Waals surface area (Å²) in [5.74, 6) is 0.753. The predicted molar refractivity (Wildman–Crippen MR) is 50.8 cm³/mol. The quantitative estimate of drug-likeness (QED) is 0.525. The zero-order valence-corrected chi connectivity index (χ0v) is 7.27. The molecule has 0 unspecified atom stereocenters. The van der Waals surface area contributed by atoms with E-state index in [1.165, 1.54) is 0 Å². The molecule has 0 aliphatic rings. The third kappa shape index (κ3) is 1.77. The molecule has 0 atom stereocenters. The third-order valence-corrected chi connectivity index (χ3v) is 1.64. The van der Waals surface area contributed by atoms with Gasteiger partial charge in [0.25, 0.3) is 0 Å². The molecular formula is C9H10OS. The third-order valence-electron chi connectivity index (χ3n) is 1.45. The van der Waals surface area contributed by atoms with E-state index in [-0.39, 0.29) is 0 Å². The van der Waals surface area contributed by atoms with Gasteiger partial charge in [0.05, 0.1) is 0 Å².